The van der Waals surface area contributed by atoms with E-state index in [1.54, 1.807) is 7.11 Å². The van der Waals surface area contributed by atoms with E-state index in [4.69, 9.17) is 10.00 Å². The average molecular weight is 272 g/mol. The van der Waals surface area contributed by atoms with Crippen molar-refractivity contribution in [3.05, 3.63) is 51.7 Å². The molecule has 1 heterocycles. The molecule has 1 aromatic heterocycles. The Morgan fingerprint density at radius 2 is 2.11 bits per heavy atom. The molecule has 2 aromatic rings. The maximum Gasteiger partial charge on any atom is 0.122 e. The van der Waals surface area contributed by atoms with Crippen LogP contribution in [-0.2, 0) is 13.0 Å². The lowest BCUT2D eigenvalue weighted by Crippen LogP contribution is -2.16. The first-order valence-corrected chi connectivity index (χ1v) is 6.96. The van der Waals surface area contributed by atoms with Crippen molar-refractivity contribution in [3.8, 4) is 11.8 Å². The predicted octanol–water partition coefficient (Wildman–Crippen LogP) is 2.96. The quantitative estimate of drug-likeness (QED) is 0.822. The molecule has 1 aromatic carbocycles. The summed E-state index contributed by atoms with van der Waals surface area (Å²) in [5.74, 6) is 0.937. The van der Waals surface area contributed by atoms with Crippen LogP contribution >= 0.6 is 11.3 Å². The highest BCUT2D eigenvalue weighted by molar-refractivity contribution is 7.12. The number of thiophene rings is 1. The summed E-state index contributed by atoms with van der Waals surface area (Å²) in [6.45, 7) is 1.70. The molecule has 3 nitrogen and oxygen atoms in total. The molecule has 0 bridgehead atoms. The molecule has 2 rings (SSSR count). The summed E-state index contributed by atoms with van der Waals surface area (Å²) >= 11 is 1.54. The van der Waals surface area contributed by atoms with Crippen molar-refractivity contribution in [1.82, 2.24) is 5.32 Å². The topological polar surface area (TPSA) is 45.0 Å². The van der Waals surface area contributed by atoms with Crippen LogP contribution in [0.5, 0.6) is 5.75 Å². The van der Waals surface area contributed by atoms with Crippen LogP contribution in [0.25, 0.3) is 0 Å². The van der Waals surface area contributed by atoms with Gasteiger partial charge in [-0.15, -0.1) is 11.3 Å². The third-order valence-electron chi connectivity index (χ3n) is 2.83. The van der Waals surface area contributed by atoms with Gasteiger partial charge >= 0.3 is 0 Å². The number of rotatable bonds is 6. The normalized spacial score (nSPS) is 10.1. The van der Waals surface area contributed by atoms with Crippen molar-refractivity contribution in [1.29, 1.82) is 5.26 Å². The lowest BCUT2D eigenvalue weighted by molar-refractivity contribution is 0.409. The number of nitrogens with zero attached hydrogens (tertiary/aromatic N) is 1. The summed E-state index contributed by atoms with van der Waals surface area (Å²) in [5, 5.41) is 12.1. The van der Waals surface area contributed by atoms with Gasteiger partial charge in [0, 0.05) is 11.4 Å². The van der Waals surface area contributed by atoms with Gasteiger partial charge in [0.1, 0.15) is 16.7 Å². The van der Waals surface area contributed by atoms with Gasteiger partial charge < -0.3 is 10.1 Å². The summed E-state index contributed by atoms with van der Waals surface area (Å²) in [6.07, 6.45) is 0.931. The number of methoxy groups -OCH3 is 1. The Kier molecular flexibility index (Phi) is 4.96. The average Bonchev–Trinajstić information content (AvgIpc) is 2.92. The molecular formula is C15H16N2OS. The Morgan fingerprint density at radius 3 is 2.84 bits per heavy atom. The first-order chi connectivity index (χ1) is 9.33. The minimum absolute atomic E-state index is 0.765. The summed E-state index contributed by atoms with van der Waals surface area (Å²) in [7, 11) is 1.70. The van der Waals surface area contributed by atoms with Gasteiger partial charge in [-0.25, -0.2) is 0 Å². The molecule has 0 radical (unpaired) electrons. The van der Waals surface area contributed by atoms with E-state index in [9.17, 15) is 0 Å². The second-order valence-electron chi connectivity index (χ2n) is 4.12. The molecule has 4 heteroatoms. The number of benzene rings is 1. The molecule has 0 saturated carbocycles. The molecule has 0 spiro atoms. The fourth-order valence-corrected chi connectivity index (χ4v) is 2.65. The largest absolute Gasteiger partial charge is 0.496 e. The Balaban J connectivity index is 1.79. The van der Waals surface area contributed by atoms with E-state index in [2.05, 4.69) is 17.5 Å². The third-order valence-corrected chi connectivity index (χ3v) is 3.82. The lowest BCUT2D eigenvalue weighted by Gasteiger charge is -2.08. The van der Waals surface area contributed by atoms with Crippen LogP contribution < -0.4 is 10.1 Å². The molecule has 1 N–H and O–H groups in total. The van der Waals surface area contributed by atoms with Gasteiger partial charge in [-0.2, -0.15) is 5.26 Å². The Morgan fingerprint density at radius 1 is 1.26 bits per heavy atom. The molecule has 19 heavy (non-hydrogen) atoms. The van der Waals surface area contributed by atoms with Crippen molar-refractivity contribution >= 4 is 11.3 Å². The molecular weight excluding hydrogens is 256 g/mol. The minimum atomic E-state index is 0.765. The van der Waals surface area contributed by atoms with Gasteiger partial charge in [0.15, 0.2) is 0 Å². The highest BCUT2D eigenvalue weighted by Crippen LogP contribution is 2.18. The molecule has 0 aliphatic heterocycles. The van der Waals surface area contributed by atoms with E-state index in [1.807, 2.05) is 30.3 Å². The summed E-state index contributed by atoms with van der Waals surface area (Å²) in [6, 6.07) is 14.1. The van der Waals surface area contributed by atoms with Gasteiger partial charge in [-0.1, -0.05) is 18.2 Å². The summed E-state index contributed by atoms with van der Waals surface area (Å²) < 4.78 is 5.32. The van der Waals surface area contributed by atoms with Crippen molar-refractivity contribution in [2.24, 2.45) is 0 Å². The van der Waals surface area contributed by atoms with Crippen LogP contribution in [0.1, 0.15) is 15.3 Å². The highest BCUT2D eigenvalue weighted by atomic mass is 32.1. The standard InChI is InChI=1S/C15H16N2OS/c1-18-15-5-3-2-4-12(15)8-9-17-11-14-7-6-13(10-16)19-14/h2-7,17H,8-9,11H2,1H3. The molecule has 98 valence electrons. The van der Waals surface area contributed by atoms with Crippen LogP contribution in [0.4, 0.5) is 0 Å². The fourth-order valence-electron chi connectivity index (χ4n) is 1.88. The molecule has 0 unspecified atom stereocenters. The van der Waals surface area contributed by atoms with Gasteiger partial charge in [0.2, 0.25) is 0 Å². The predicted molar refractivity (Wildman–Crippen MR) is 77.4 cm³/mol. The van der Waals surface area contributed by atoms with E-state index in [0.717, 1.165) is 30.1 Å². The molecule has 0 saturated heterocycles. The van der Waals surface area contributed by atoms with Crippen molar-refractivity contribution in [2.75, 3.05) is 13.7 Å². The SMILES string of the molecule is COc1ccccc1CCNCc1ccc(C#N)s1. The summed E-state index contributed by atoms with van der Waals surface area (Å²) in [5.41, 5.74) is 1.21. The minimum Gasteiger partial charge on any atom is -0.496 e. The number of nitrogens with one attached hydrogen (secondary N) is 1. The van der Waals surface area contributed by atoms with Crippen LogP contribution in [0.2, 0.25) is 0 Å². The second kappa shape index (κ2) is 6.93. The van der Waals surface area contributed by atoms with Crippen LogP contribution in [0.15, 0.2) is 36.4 Å². The Bertz CT molecular complexity index is 572. The molecule has 0 amide bonds. The van der Waals surface area contributed by atoms with E-state index in [-0.39, 0.29) is 0 Å². The van der Waals surface area contributed by atoms with Gasteiger partial charge in [0.25, 0.3) is 0 Å². The lowest BCUT2D eigenvalue weighted by atomic mass is 10.1. The maximum atomic E-state index is 8.75. The zero-order chi connectivity index (χ0) is 13.5. The van der Waals surface area contributed by atoms with Crippen LogP contribution in [-0.4, -0.2) is 13.7 Å². The Hall–Kier alpha value is -1.83. The number of hydrogen-bond donors (Lipinski definition) is 1. The first-order valence-electron chi connectivity index (χ1n) is 6.15. The first kappa shape index (κ1) is 13.6. The highest BCUT2D eigenvalue weighted by Gasteiger charge is 2.02. The van der Waals surface area contributed by atoms with Gasteiger partial charge in [0.05, 0.1) is 7.11 Å². The number of ether oxygens (including phenoxy) is 1. The fraction of sp³-hybridized carbons (Fsp3) is 0.267. The van der Waals surface area contributed by atoms with Gasteiger partial charge in [-0.3, -0.25) is 0 Å². The van der Waals surface area contributed by atoms with Crippen molar-refractivity contribution in [3.63, 3.8) is 0 Å². The van der Waals surface area contributed by atoms with Crippen molar-refractivity contribution < 1.29 is 4.74 Å². The van der Waals surface area contributed by atoms with Gasteiger partial charge in [-0.05, 0) is 36.7 Å². The zero-order valence-corrected chi connectivity index (χ0v) is 11.7. The van der Waals surface area contributed by atoms with Crippen LogP contribution in [0.3, 0.4) is 0 Å². The Labute approximate surface area is 117 Å². The maximum absolute atomic E-state index is 8.75. The van der Waals surface area contributed by atoms with E-state index in [0.29, 0.717) is 0 Å². The molecule has 0 atom stereocenters. The molecule has 0 aliphatic carbocycles. The number of hydrogen-bond acceptors (Lipinski definition) is 4. The number of nitriles is 1. The molecule has 0 aliphatic rings. The number of para-hydroxylation sites is 1. The summed E-state index contributed by atoms with van der Waals surface area (Å²) in [4.78, 5) is 1.96. The third kappa shape index (κ3) is 3.82. The van der Waals surface area contributed by atoms with E-state index >= 15 is 0 Å². The zero-order valence-electron chi connectivity index (χ0n) is 10.8. The molecule has 0 fully saturated rings. The second-order valence-corrected chi connectivity index (χ2v) is 5.28. The smallest absolute Gasteiger partial charge is 0.122 e. The monoisotopic (exact) mass is 272 g/mol. The van der Waals surface area contributed by atoms with Crippen LogP contribution in [0, 0.1) is 11.3 Å². The van der Waals surface area contributed by atoms with Crippen molar-refractivity contribution in [2.45, 2.75) is 13.0 Å². The van der Waals surface area contributed by atoms with E-state index < -0.39 is 0 Å². The van der Waals surface area contributed by atoms with E-state index in [1.165, 1.54) is 21.8 Å².